The number of benzene rings is 3. The third-order valence-corrected chi connectivity index (χ3v) is 7.57. The highest BCUT2D eigenvalue weighted by atomic mass is 32.2. The molecule has 160 valence electrons. The summed E-state index contributed by atoms with van der Waals surface area (Å²) in [7, 11) is -3.84. The van der Waals surface area contributed by atoms with Gasteiger partial charge in [-0.15, -0.1) is 0 Å². The first-order valence-corrected chi connectivity index (χ1v) is 12.3. The fourth-order valence-corrected chi connectivity index (χ4v) is 5.99. The average Bonchev–Trinajstić information content (AvgIpc) is 3.08. The molecule has 0 bridgehead atoms. The number of aromatic nitrogens is 1. The first-order valence-electron chi connectivity index (χ1n) is 10.1. The molecule has 7 heteroatoms. The van der Waals surface area contributed by atoms with Gasteiger partial charge in [0, 0.05) is 6.04 Å². The van der Waals surface area contributed by atoms with Gasteiger partial charge in [-0.05, 0) is 50.1 Å². The van der Waals surface area contributed by atoms with Crippen LogP contribution in [0.2, 0.25) is 0 Å². The zero-order valence-corrected chi connectivity index (χ0v) is 19.2. The zero-order valence-electron chi connectivity index (χ0n) is 17.6. The van der Waals surface area contributed by atoms with Gasteiger partial charge in [0.1, 0.15) is 0 Å². The molecular formula is C24H24N2O3S2. The first kappa shape index (κ1) is 21.5. The summed E-state index contributed by atoms with van der Waals surface area (Å²) in [4.78, 5) is 12.4. The van der Waals surface area contributed by atoms with E-state index >= 15 is 0 Å². The van der Waals surface area contributed by atoms with Crippen molar-refractivity contribution in [2.45, 2.75) is 37.8 Å². The summed E-state index contributed by atoms with van der Waals surface area (Å²) in [5.41, 5.74) is 3.57. The number of nitrogens with zero attached hydrogens (tertiary/aromatic N) is 1. The molecule has 1 unspecified atom stereocenters. The highest BCUT2D eigenvalue weighted by Crippen LogP contribution is 2.28. The molecule has 1 aromatic heterocycles. The summed E-state index contributed by atoms with van der Waals surface area (Å²) in [6.07, 6.45) is 0. The largest absolute Gasteiger partial charge is 0.308 e. The molecule has 1 atom stereocenters. The number of hydrogen-bond acceptors (Lipinski definition) is 4. The Hall–Kier alpha value is -2.74. The Balaban J connectivity index is 1.76. The molecule has 0 radical (unpaired) electrons. The molecule has 0 aliphatic rings. The van der Waals surface area contributed by atoms with Crippen LogP contribution in [0.15, 0.2) is 82.5 Å². The lowest BCUT2D eigenvalue weighted by molar-refractivity contribution is 0.572. The number of nitrogens with one attached hydrogen (secondary N) is 1. The molecule has 4 aromatic rings. The second kappa shape index (κ2) is 8.42. The van der Waals surface area contributed by atoms with Gasteiger partial charge in [0.15, 0.2) is 0 Å². The van der Waals surface area contributed by atoms with E-state index in [9.17, 15) is 13.2 Å². The molecule has 31 heavy (non-hydrogen) atoms. The van der Waals surface area contributed by atoms with E-state index in [1.807, 2.05) is 75.4 Å². The molecule has 0 aliphatic carbocycles. The van der Waals surface area contributed by atoms with Crippen molar-refractivity contribution in [3.63, 3.8) is 0 Å². The van der Waals surface area contributed by atoms with Gasteiger partial charge in [0.25, 0.3) is 0 Å². The summed E-state index contributed by atoms with van der Waals surface area (Å²) in [6, 6.07) is 21.7. The van der Waals surface area contributed by atoms with Gasteiger partial charge in [0.05, 0.1) is 21.2 Å². The van der Waals surface area contributed by atoms with Crippen LogP contribution in [0.3, 0.4) is 0 Å². The van der Waals surface area contributed by atoms with Crippen molar-refractivity contribution < 1.29 is 8.42 Å². The van der Waals surface area contributed by atoms with Gasteiger partial charge >= 0.3 is 4.87 Å². The summed E-state index contributed by atoms with van der Waals surface area (Å²) in [5.74, 6) is 0. The maximum absolute atomic E-state index is 13.3. The van der Waals surface area contributed by atoms with E-state index in [0.717, 1.165) is 33.5 Å². The minimum Gasteiger partial charge on any atom is -0.296 e. The van der Waals surface area contributed by atoms with E-state index in [4.69, 9.17) is 0 Å². The van der Waals surface area contributed by atoms with Crippen LogP contribution < -0.4 is 9.60 Å². The van der Waals surface area contributed by atoms with Gasteiger partial charge in [0.2, 0.25) is 10.0 Å². The quantitative estimate of drug-likeness (QED) is 0.447. The van der Waals surface area contributed by atoms with Gasteiger partial charge in [-0.2, -0.15) is 4.72 Å². The van der Waals surface area contributed by atoms with E-state index in [1.54, 1.807) is 22.8 Å². The first-order chi connectivity index (χ1) is 14.8. The smallest absolute Gasteiger partial charge is 0.296 e. The van der Waals surface area contributed by atoms with E-state index < -0.39 is 16.1 Å². The number of hydrogen-bond donors (Lipinski definition) is 1. The van der Waals surface area contributed by atoms with Crippen molar-refractivity contribution >= 4 is 31.6 Å². The summed E-state index contributed by atoms with van der Waals surface area (Å²) in [6.45, 7) is 5.87. The highest BCUT2D eigenvalue weighted by Gasteiger charge is 2.24. The molecule has 1 N–H and O–H groups in total. The molecule has 5 nitrogen and oxygen atoms in total. The zero-order chi connectivity index (χ0) is 22.2. The maximum Gasteiger partial charge on any atom is 0.308 e. The van der Waals surface area contributed by atoms with Crippen LogP contribution in [0, 0.1) is 6.92 Å². The highest BCUT2D eigenvalue weighted by molar-refractivity contribution is 7.89. The molecule has 0 saturated heterocycles. The lowest BCUT2D eigenvalue weighted by Crippen LogP contribution is -2.29. The van der Waals surface area contributed by atoms with Crippen molar-refractivity contribution in [2.24, 2.45) is 0 Å². The fourth-order valence-electron chi connectivity index (χ4n) is 3.63. The van der Waals surface area contributed by atoms with Crippen LogP contribution in [0.1, 0.15) is 42.6 Å². The minimum atomic E-state index is -3.84. The Kier molecular flexibility index (Phi) is 5.83. The van der Waals surface area contributed by atoms with E-state index in [-0.39, 0.29) is 15.8 Å². The Morgan fingerprint density at radius 1 is 0.903 bits per heavy atom. The number of aryl methyl sites for hydroxylation is 1. The Morgan fingerprint density at radius 3 is 2.19 bits per heavy atom. The average molecular weight is 453 g/mol. The molecule has 0 fully saturated rings. The Bertz CT molecular complexity index is 1370. The number of thiazole rings is 1. The topological polar surface area (TPSA) is 68.2 Å². The van der Waals surface area contributed by atoms with E-state index in [1.165, 1.54) is 0 Å². The molecule has 0 amide bonds. The molecule has 4 rings (SSSR count). The predicted molar refractivity (Wildman–Crippen MR) is 126 cm³/mol. The van der Waals surface area contributed by atoms with Crippen molar-refractivity contribution in [3.8, 4) is 0 Å². The van der Waals surface area contributed by atoms with Crippen molar-refractivity contribution in [1.29, 1.82) is 0 Å². The van der Waals surface area contributed by atoms with Crippen LogP contribution in [-0.4, -0.2) is 13.0 Å². The minimum absolute atomic E-state index is 0.00540. The summed E-state index contributed by atoms with van der Waals surface area (Å²) < 4.78 is 31.9. The third-order valence-electron chi connectivity index (χ3n) is 5.23. The number of sulfonamides is 1. The van der Waals surface area contributed by atoms with Gasteiger partial charge in [-0.3, -0.25) is 9.36 Å². The Labute approximate surface area is 186 Å². The third kappa shape index (κ3) is 4.35. The monoisotopic (exact) mass is 452 g/mol. The van der Waals surface area contributed by atoms with Gasteiger partial charge in [-0.25, -0.2) is 8.42 Å². The van der Waals surface area contributed by atoms with Crippen molar-refractivity contribution in [1.82, 2.24) is 9.29 Å². The lowest BCUT2D eigenvalue weighted by atomic mass is 9.99. The molecule has 0 spiro atoms. The lowest BCUT2D eigenvalue weighted by Gasteiger charge is -2.20. The SMILES string of the molecule is Cc1ccc(C(NS(=O)(=O)c2ccc3c(c2)sc(=O)n3C(C)C)c2ccccc2)cc1. The van der Waals surface area contributed by atoms with E-state index in [2.05, 4.69) is 4.72 Å². The van der Waals surface area contributed by atoms with Crippen molar-refractivity contribution in [2.75, 3.05) is 0 Å². The second-order valence-corrected chi connectivity index (χ2v) is 10.5. The standard InChI is InChI=1S/C24H24N2O3S2/c1-16(2)26-21-14-13-20(15-22(21)30-24(26)27)31(28,29)25-23(18-7-5-4-6-8-18)19-11-9-17(3)10-12-19/h4-16,23,25H,1-3H3. The number of fused-ring (bicyclic) bond motifs is 1. The number of rotatable bonds is 6. The Morgan fingerprint density at radius 2 is 1.55 bits per heavy atom. The van der Waals surface area contributed by atoms with Crippen LogP contribution >= 0.6 is 11.3 Å². The van der Waals surface area contributed by atoms with Crippen LogP contribution in [0.25, 0.3) is 10.2 Å². The molecule has 3 aromatic carbocycles. The fraction of sp³-hybridized carbons (Fsp3) is 0.208. The molecular weight excluding hydrogens is 428 g/mol. The van der Waals surface area contributed by atoms with Crippen LogP contribution in [0.4, 0.5) is 0 Å². The normalized spacial score (nSPS) is 13.0. The summed E-state index contributed by atoms with van der Waals surface area (Å²) in [5, 5.41) is 0. The molecule has 0 saturated carbocycles. The second-order valence-electron chi connectivity index (χ2n) is 7.84. The van der Waals surface area contributed by atoms with Crippen LogP contribution in [-0.2, 0) is 10.0 Å². The van der Waals surface area contributed by atoms with Gasteiger partial charge in [-0.1, -0.05) is 71.5 Å². The summed E-state index contributed by atoms with van der Waals surface area (Å²) >= 11 is 1.07. The molecule has 1 heterocycles. The van der Waals surface area contributed by atoms with Gasteiger partial charge < -0.3 is 0 Å². The van der Waals surface area contributed by atoms with Crippen molar-refractivity contribution in [3.05, 3.63) is 99.2 Å². The maximum atomic E-state index is 13.3. The van der Waals surface area contributed by atoms with E-state index in [0.29, 0.717) is 4.70 Å². The predicted octanol–water partition coefficient (Wildman–Crippen LogP) is 5.02. The molecule has 0 aliphatic heterocycles. The van der Waals surface area contributed by atoms with Crippen LogP contribution in [0.5, 0.6) is 0 Å².